The van der Waals surface area contributed by atoms with Gasteiger partial charge in [-0.15, -0.1) is 0 Å². The van der Waals surface area contributed by atoms with Crippen LogP contribution >= 0.6 is 15.9 Å². The average Bonchev–Trinajstić information content (AvgIpc) is 2.37. The Balaban J connectivity index is 3.43. The average molecular weight is 334 g/mol. The number of hydrogen-bond donors (Lipinski definition) is 0. The van der Waals surface area contributed by atoms with Crippen molar-refractivity contribution in [2.45, 2.75) is 18.9 Å². The third-order valence-corrected chi connectivity index (χ3v) is 2.79. The standard InChI is InChI=1S/C12H10BrF2NO3/c1-2-18-11(17)9-8(6-16)4-3-7(5-13)10(9)19-12(14)15/h3-4,12H,2,5H2,1H3. The molecule has 0 amide bonds. The third kappa shape index (κ3) is 3.64. The molecule has 0 saturated carbocycles. The number of alkyl halides is 3. The topological polar surface area (TPSA) is 59.3 Å². The molecule has 0 atom stereocenters. The van der Waals surface area contributed by atoms with Crippen LogP contribution in [-0.2, 0) is 10.1 Å². The Labute approximate surface area is 117 Å². The molecule has 102 valence electrons. The number of esters is 1. The van der Waals surface area contributed by atoms with E-state index in [9.17, 15) is 13.6 Å². The number of benzene rings is 1. The maximum Gasteiger partial charge on any atom is 0.387 e. The Morgan fingerprint density at radius 3 is 2.68 bits per heavy atom. The van der Waals surface area contributed by atoms with Gasteiger partial charge in [0.1, 0.15) is 17.4 Å². The van der Waals surface area contributed by atoms with E-state index in [1.54, 1.807) is 13.0 Å². The lowest BCUT2D eigenvalue weighted by molar-refractivity contribution is -0.0509. The van der Waals surface area contributed by atoms with Crippen molar-refractivity contribution in [3.8, 4) is 11.8 Å². The molecule has 0 unspecified atom stereocenters. The predicted molar refractivity (Wildman–Crippen MR) is 66.4 cm³/mol. The number of nitrogens with zero attached hydrogens (tertiary/aromatic N) is 1. The zero-order chi connectivity index (χ0) is 14.4. The van der Waals surface area contributed by atoms with Crippen LogP contribution in [0.15, 0.2) is 12.1 Å². The second kappa shape index (κ2) is 7.04. The molecule has 0 aliphatic rings. The molecule has 0 bridgehead atoms. The molecule has 0 N–H and O–H groups in total. The number of nitriles is 1. The van der Waals surface area contributed by atoms with E-state index in [0.29, 0.717) is 5.56 Å². The SMILES string of the molecule is CCOC(=O)c1c(C#N)ccc(CBr)c1OC(F)F. The molecule has 0 spiro atoms. The molecule has 0 aliphatic carbocycles. The summed E-state index contributed by atoms with van der Waals surface area (Å²) in [6.45, 7) is -1.46. The van der Waals surface area contributed by atoms with E-state index < -0.39 is 12.6 Å². The minimum absolute atomic E-state index is 0.0658. The second-order valence-corrected chi connectivity index (χ2v) is 3.88. The molecule has 1 rings (SSSR count). The maximum atomic E-state index is 12.4. The van der Waals surface area contributed by atoms with E-state index in [-0.39, 0.29) is 28.8 Å². The summed E-state index contributed by atoms with van der Waals surface area (Å²) in [6, 6.07) is 4.56. The summed E-state index contributed by atoms with van der Waals surface area (Å²) >= 11 is 3.11. The van der Waals surface area contributed by atoms with Gasteiger partial charge in [-0.2, -0.15) is 14.0 Å². The molecule has 19 heavy (non-hydrogen) atoms. The normalized spacial score (nSPS) is 10.1. The molecule has 0 heterocycles. The number of rotatable bonds is 5. The number of carbonyl (C=O) groups is 1. The maximum absolute atomic E-state index is 12.4. The predicted octanol–water partition coefficient (Wildman–Crippen LogP) is 3.23. The number of halogens is 3. The smallest absolute Gasteiger partial charge is 0.387 e. The first-order chi connectivity index (χ1) is 9.04. The van der Waals surface area contributed by atoms with Crippen molar-refractivity contribution in [2.24, 2.45) is 0 Å². The Kier molecular flexibility index (Phi) is 5.70. The lowest BCUT2D eigenvalue weighted by atomic mass is 10.0. The van der Waals surface area contributed by atoms with Gasteiger partial charge in [0, 0.05) is 10.9 Å². The molecule has 1 aromatic carbocycles. The summed E-state index contributed by atoms with van der Waals surface area (Å²) in [7, 11) is 0. The zero-order valence-electron chi connectivity index (χ0n) is 9.95. The van der Waals surface area contributed by atoms with Gasteiger partial charge in [-0.3, -0.25) is 0 Å². The summed E-state index contributed by atoms with van der Waals surface area (Å²) in [4.78, 5) is 11.8. The summed E-state index contributed by atoms with van der Waals surface area (Å²) in [5, 5.41) is 9.15. The van der Waals surface area contributed by atoms with Gasteiger partial charge in [0.15, 0.2) is 0 Å². The van der Waals surface area contributed by atoms with Gasteiger partial charge in [0.05, 0.1) is 12.2 Å². The van der Waals surface area contributed by atoms with Crippen LogP contribution in [0.3, 0.4) is 0 Å². The Hall–Kier alpha value is -1.68. The fourth-order valence-electron chi connectivity index (χ4n) is 1.45. The fraction of sp³-hybridized carbons (Fsp3) is 0.333. The second-order valence-electron chi connectivity index (χ2n) is 3.32. The monoisotopic (exact) mass is 333 g/mol. The minimum Gasteiger partial charge on any atom is -0.462 e. The van der Waals surface area contributed by atoms with E-state index in [1.165, 1.54) is 12.1 Å². The van der Waals surface area contributed by atoms with Crippen LogP contribution in [0, 0.1) is 11.3 Å². The van der Waals surface area contributed by atoms with Crippen molar-refractivity contribution >= 4 is 21.9 Å². The van der Waals surface area contributed by atoms with Crippen molar-refractivity contribution in [2.75, 3.05) is 6.61 Å². The number of carbonyl (C=O) groups excluding carboxylic acids is 1. The van der Waals surface area contributed by atoms with E-state index in [1.807, 2.05) is 0 Å². The fourth-order valence-corrected chi connectivity index (χ4v) is 1.90. The molecular formula is C12H10BrF2NO3. The van der Waals surface area contributed by atoms with Crippen LogP contribution in [0.2, 0.25) is 0 Å². The summed E-state index contributed by atoms with van der Waals surface area (Å²) in [5.41, 5.74) is -0.0113. The van der Waals surface area contributed by atoms with E-state index >= 15 is 0 Å². The quantitative estimate of drug-likeness (QED) is 0.613. The van der Waals surface area contributed by atoms with Crippen LogP contribution in [-0.4, -0.2) is 19.2 Å². The summed E-state index contributed by atoms with van der Waals surface area (Å²) in [6.07, 6.45) is 0. The first-order valence-corrected chi connectivity index (χ1v) is 6.41. The van der Waals surface area contributed by atoms with Crippen LogP contribution in [0.4, 0.5) is 8.78 Å². The van der Waals surface area contributed by atoms with Gasteiger partial charge in [-0.25, -0.2) is 4.79 Å². The van der Waals surface area contributed by atoms with Crippen LogP contribution in [0.25, 0.3) is 0 Å². The van der Waals surface area contributed by atoms with Crippen molar-refractivity contribution < 1.29 is 23.0 Å². The van der Waals surface area contributed by atoms with Crippen LogP contribution < -0.4 is 4.74 Å². The minimum atomic E-state index is -3.10. The largest absolute Gasteiger partial charge is 0.462 e. The van der Waals surface area contributed by atoms with Gasteiger partial charge in [0.25, 0.3) is 0 Å². The first-order valence-electron chi connectivity index (χ1n) is 5.29. The molecule has 1 aromatic rings. The zero-order valence-corrected chi connectivity index (χ0v) is 11.5. The number of hydrogen-bond acceptors (Lipinski definition) is 4. The first kappa shape index (κ1) is 15.4. The van der Waals surface area contributed by atoms with Gasteiger partial charge in [-0.1, -0.05) is 22.0 Å². The van der Waals surface area contributed by atoms with Crippen molar-refractivity contribution in [1.29, 1.82) is 5.26 Å². The molecule has 0 radical (unpaired) electrons. The van der Waals surface area contributed by atoms with Crippen molar-refractivity contribution in [3.05, 3.63) is 28.8 Å². The Morgan fingerprint density at radius 1 is 1.53 bits per heavy atom. The van der Waals surface area contributed by atoms with Gasteiger partial charge in [0.2, 0.25) is 0 Å². The van der Waals surface area contributed by atoms with Crippen molar-refractivity contribution in [3.63, 3.8) is 0 Å². The van der Waals surface area contributed by atoms with Crippen molar-refractivity contribution in [1.82, 2.24) is 0 Å². The lowest BCUT2D eigenvalue weighted by Crippen LogP contribution is -2.14. The van der Waals surface area contributed by atoms with E-state index in [0.717, 1.165) is 0 Å². The highest BCUT2D eigenvalue weighted by molar-refractivity contribution is 9.08. The lowest BCUT2D eigenvalue weighted by Gasteiger charge is -2.14. The Bertz CT molecular complexity index is 514. The molecule has 0 aromatic heterocycles. The van der Waals surface area contributed by atoms with Gasteiger partial charge in [-0.05, 0) is 13.0 Å². The highest BCUT2D eigenvalue weighted by atomic mass is 79.9. The van der Waals surface area contributed by atoms with Crippen LogP contribution in [0.1, 0.15) is 28.4 Å². The van der Waals surface area contributed by atoms with Gasteiger partial charge >= 0.3 is 12.6 Å². The Morgan fingerprint density at radius 2 is 2.21 bits per heavy atom. The summed E-state index contributed by atoms with van der Waals surface area (Å²) in [5.74, 6) is -1.19. The molecule has 0 saturated heterocycles. The molecule has 7 heteroatoms. The van der Waals surface area contributed by atoms with E-state index in [4.69, 9.17) is 10.00 Å². The molecule has 4 nitrogen and oxygen atoms in total. The van der Waals surface area contributed by atoms with E-state index in [2.05, 4.69) is 20.7 Å². The molecule has 0 aliphatic heterocycles. The van der Waals surface area contributed by atoms with Crippen LogP contribution in [0.5, 0.6) is 5.75 Å². The highest BCUT2D eigenvalue weighted by Crippen LogP contribution is 2.31. The highest BCUT2D eigenvalue weighted by Gasteiger charge is 2.24. The third-order valence-electron chi connectivity index (χ3n) is 2.19. The molecule has 0 fully saturated rings. The molecular weight excluding hydrogens is 324 g/mol. The van der Waals surface area contributed by atoms with Gasteiger partial charge < -0.3 is 9.47 Å². The number of ether oxygens (including phenoxy) is 2. The summed E-state index contributed by atoms with van der Waals surface area (Å²) < 4.78 is 34.0.